The van der Waals surface area contributed by atoms with E-state index in [-0.39, 0.29) is 19.1 Å². The Balaban J connectivity index is 2.17. The van der Waals surface area contributed by atoms with E-state index in [1.807, 2.05) is 6.92 Å². The second-order valence-electron chi connectivity index (χ2n) is 5.09. The van der Waals surface area contributed by atoms with Gasteiger partial charge < -0.3 is 19.7 Å². The van der Waals surface area contributed by atoms with E-state index in [2.05, 4.69) is 5.32 Å². The molecule has 110 valence electrons. The van der Waals surface area contributed by atoms with Gasteiger partial charge in [0.2, 0.25) is 0 Å². The molecule has 2 N–H and O–H groups in total. The number of carboxylic acid groups (broad SMARTS) is 1. The normalized spacial score (nSPS) is 25.6. The molecule has 0 spiro atoms. The second-order valence-corrected chi connectivity index (χ2v) is 5.53. The van der Waals surface area contributed by atoms with Gasteiger partial charge in [0.15, 0.2) is 0 Å². The average Bonchev–Trinajstić information content (AvgIpc) is 2.94. The van der Waals surface area contributed by atoms with Crippen LogP contribution in [-0.2, 0) is 16.1 Å². The van der Waals surface area contributed by atoms with Crippen LogP contribution >= 0.6 is 11.6 Å². The quantitative estimate of drug-likeness (QED) is 0.880. The number of aryl methyl sites for hydroxylation is 1. The van der Waals surface area contributed by atoms with Gasteiger partial charge in [0.1, 0.15) is 11.1 Å². The first-order chi connectivity index (χ1) is 9.38. The number of aliphatic carboxylic acids is 1. The third kappa shape index (κ3) is 2.53. The lowest BCUT2D eigenvalue weighted by atomic mass is 9.85. The van der Waals surface area contributed by atoms with Crippen molar-refractivity contribution in [3.8, 4) is 0 Å². The van der Waals surface area contributed by atoms with Crippen LogP contribution in [0.3, 0.4) is 0 Å². The third-order valence-electron chi connectivity index (χ3n) is 3.69. The van der Waals surface area contributed by atoms with Gasteiger partial charge in [0.25, 0.3) is 5.91 Å². The first kappa shape index (κ1) is 14.9. The maximum absolute atomic E-state index is 12.3. The monoisotopic (exact) mass is 300 g/mol. The zero-order valence-electron chi connectivity index (χ0n) is 11.4. The highest BCUT2D eigenvalue weighted by Crippen LogP contribution is 2.29. The van der Waals surface area contributed by atoms with Gasteiger partial charge in [0, 0.05) is 12.7 Å². The molecular weight excluding hydrogens is 284 g/mol. The molecule has 1 amide bonds. The van der Waals surface area contributed by atoms with E-state index in [4.69, 9.17) is 16.3 Å². The summed E-state index contributed by atoms with van der Waals surface area (Å²) in [7, 11) is 0. The fourth-order valence-corrected chi connectivity index (χ4v) is 2.47. The van der Waals surface area contributed by atoms with Gasteiger partial charge in [-0.25, -0.2) is 0 Å². The number of aromatic nitrogens is 1. The molecule has 2 unspecified atom stereocenters. The fraction of sp³-hybridized carbons (Fsp3) is 0.538. The first-order valence-corrected chi connectivity index (χ1v) is 6.74. The van der Waals surface area contributed by atoms with Crippen molar-refractivity contribution in [2.24, 2.45) is 5.41 Å². The van der Waals surface area contributed by atoms with Crippen molar-refractivity contribution in [3.05, 3.63) is 23.0 Å². The van der Waals surface area contributed by atoms with Crippen molar-refractivity contribution in [2.45, 2.75) is 26.4 Å². The van der Waals surface area contributed by atoms with E-state index in [0.29, 0.717) is 17.3 Å². The second kappa shape index (κ2) is 5.46. The number of nitrogens with zero attached hydrogens (tertiary/aromatic N) is 1. The maximum atomic E-state index is 12.3. The van der Waals surface area contributed by atoms with Gasteiger partial charge in [-0.1, -0.05) is 11.6 Å². The van der Waals surface area contributed by atoms with Gasteiger partial charge in [-0.05, 0) is 19.9 Å². The van der Waals surface area contributed by atoms with Gasteiger partial charge in [-0.15, -0.1) is 0 Å². The fourth-order valence-electron chi connectivity index (χ4n) is 2.24. The number of amides is 1. The zero-order chi connectivity index (χ0) is 14.9. The van der Waals surface area contributed by atoms with E-state index in [1.165, 1.54) is 0 Å². The Morgan fingerprint density at radius 1 is 1.65 bits per heavy atom. The lowest BCUT2D eigenvalue weighted by molar-refractivity contribution is -0.148. The van der Waals surface area contributed by atoms with Crippen LogP contribution in [0.25, 0.3) is 0 Å². The van der Waals surface area contributed by atoms with E-state index < -0.39 is 17.4 Å². The van der Waals surface area contributed by atoms with Crippen LogP contribution in [-0.4, -0.2) is 40.8 Å². The van der Waals surface area contributed by atoms with Crippen LogP contribution in [0.2, 0.25) is 5.02 Å². The molecule has 1 fully saturated rings. The molecule has 1 aliphatic heterocycles. The summed E-state index contributed by atoms with van der Waals surface area (Å²) in [4.78, 5) is 23.6. The molecular formula is C13H17ClN2O4. The molecule has 0 saturated carbocycles. The summed E-state index contributed by atoms with van der Waals surface area (Å²) < 4.78 is 6.92. The molecule has 2 atom stereocenters. The predicted octanol–water partition coefficient (Wildman–Crippen LogP) is 1.38. The topological polar surface area (TPSA) is 80.6 Å². The summed E-state index contributed by atoms with van der Waals surface area (Å²) >= 11 is 5.89. The predicted molar refractivity (Wildman–Crippen MR) is 72.9 cm³/mol. The summed E-state index contributed by atoms with van der Waals surface area (Å²) in [6.07, 6.45) is 1.66. The number of hydrogen-bond acceptors (Lipinski definition) is 3. The molecule has 0 aliphatic carbocycles. The van der Waals surface area contributed by atoms with Crippen LogP contribution in [0.1, 0.15) is 24.3 Å². The summed E-state index contributed by atoms with van der Waals surface area (Å²) in [6.45, 7) is 4.34. The summed E-state index contributed by atoms with van der Waals surface area (Å²) in [6, 6.07) is 1.00. The van der Waals surface area contributed by atoms with E-state index >= 15 is 0 Å². The van der Waals surface area contributed by atoms with Crippen LogP contribution in [0.4, 0.5) is 0 Å². The lowest BCUT2D eigenvalue weighted by Gasteiger charge is -2.25. The Kier molecular flexibility index (Phi) is 4.06. The van der Waals surface area contributed by atoms with Gasteiger partial charge >= 0.3 is 5.97 Å². The third-order valence-corrected chi connectivity index (χ3v) is 3.89. The number of nitrogens with one attached hydrogen (secondary N) is 1. The van der Waals surface area contributed by atoms with Gasteiger partial charge in [-0.2, -0.15) is 0 Å². The van der Waals surface area contributed by atoms with Crippen molar-refractivity contribution in [2.75, 3.05) is 13.2 Å². The Morgan fingerprint density at radius 2 is 2.35 bits per heavy atom. The minimum Gasteiger partial charge on any atom is -0.481 e. The lowest BCUT2D eigenvalue weighted by Crippen LogP contribution is -2.50. The largest absolute Gasteiger partial charge is 0.481 e. The molecule has 0 bridgehead atoms. The van der Waals surface area contributed by atoms with Gasteiger partial charge in [-0.3, -0.25) is 9.59 Å². The smallest absolute Gasteiger partial charge is 0.313 e. The Bertz CT molecular complexity index is 542. The summed E-state index contributed by atoms with van der Waals surface area (Å²) in [5.41, 5.74) is -0.694. The first-order valence-electron chi connectivity index (χ1n) is 6.36. The molecule has 0 radical (unpaired) electrons. The highest BCUT2D eigenvalue weighted by molar-refractivity contribution is 6.31. The number of hydrogen-bond donors (Lipinski definition) is 2. The van der Waals surface area contributed by atoms with Crippen LogP contribution in [0, 0.1) is 5.41 Å². The molecule has 0 aromatic carbocycles. The minimum absolute atomic E-state index is 0.0861. The highest BCUT2D eigenvalue weighted by Gasteiger charge is 2.47. The van der Waals surface area contributed by atoms with Crippen LogP contribution in [0.15, 0.2) is 12.3 Å². The number of carbonyl (C=O) groups excluding carboxylic acids is 1. The molecule has 1 aliphatic rings. The van der Waals surface area contributed by atoms with Crippen molar-refractivity contribution in [1.29, 1.82) is 0 Å². The van der Waals surface area contributed by atoms with Crippen molar-refractivity contribution < 1.29 is 19.4 Å². The standard InChI is InChI=1S/C13H17ClN2O4/c1-3-16-5-8(14)4-9(16)11(17)15-10-6-20-7-13(10,2)12(18)19/h4-5,10H,3,6-7H2,1-2H3,(H,15,17)(H,18,19). The number of carboxylic acids is 1. The Hall–Kier alpha value is -1.53. The molecule has 2 heterocycles. The molecule has 6 nitrogen and oxygen atoms in total. The van der Waals surface area contributed by atoms with E-state index in [1.54, 1.807) is 23.8 Å². The molecule has 1 aromatic rings. The van der Waals surface area contributed by atoms with Gasteiger partial charge in [0.05, 0.1) is 24.3 Å². The Labute approximate surface area is 121 Å². The van der Waals surface area contributed by atoms with Crippen molar-refractivity contribution in [3.63, 3.8) is 0 Å². The molecule has 7 heteroatoms. The number of carbonyl (C=O) groups is 2. The number of ether oxygens (including phenoxy) is 1. The highest BCUT2D eigenvalue weighted by atomic mass is 35.5. The van der Waals surface area contributed by atoms with Crippen LogP contribution < -0.4 is 5.32 Å². The average molecular weight is 301 g/mol. The van der Waals surface area contributed by atoms with Crippen molar-refractivity contribution >= 4 is 23.5 Å². The van der Waals surface area contributed by atoms with Crippen molar-refractivity contribution in [1.82, 2.24) is 9.88 Å². The van der Waals surface area contributed by atoms with E-state index in [0.717, 1.165) is 0 Å². The SMILES string of the molecule is CCn1cc(Cl)cc1C(=O)NC1COCC1(C)C(=O)O. The summed E-state index contributed by atoms with van der Waals surface area (Å²) in [5, 5.41) is 12.5. The molecule has 1 saturated heterocycles. The summed E-state index contributed by atoms with van der Waals surface area (Å²) in [5.74, 6) is -1.33. The number of halogens is 1. The number of rotatable bonds is 4. The maximum Gasteiger partial charge on any atom is 0.313 e. The van der Waals surface area contributed by atoms with Crippen LogP contribution in [0.5, 0.6) is 0 Å². The Morgan fingerprint density at radius 3 is 2.95 bits per heavy atom. The molecule has 1 aromatic heterocycles. The molecule has 20 heavy (non-hydrogen) atoms. The van der Waals surface area contributed by atoms with E-state index in [9.17, 15) is 14.7 Å². The molecule has 2 rings (SSSR count). The zero-order valence-corrected chi connectivity index (χ0v) is 12.1. The minimum atomic E-state index is -1.11.